The lowest BCUT2D eigenvalue weighted by atomic mass is 10.2. The third-order valence-electron chi connectivity index (χ3n) is 2.41. The summed E-state index contributed by atoms with van der Waals surface area (Å²) in [6.45, 7) is 0.329. The van der Waals surface area contributed by atoms with Crippen molar-refractivity contribution in [3.8, 4) is 5.75 Å². The predicted molar refractivity (Wildman–Crippen MR) is 62.4 cm³/mol. The maximum atomic E-state index is 5.66. The Bertz CT molecular complexity index is 616. The summed E-state index contributed by atoms with van der Waals surface area (Å²) < 4.78 is 7.27. The van der Waals surface area contributed by atoms with Crippen LogP contribution in [0.1, 0.15) is 0 Å². The van der Waals surface area contributed by atoms with Crippen molar-refractivity contribution >= 4 is 10.9 Å². The van der Waals surface area contributed by atoms with Crippen LogP contribution in [0.2, 0.25) is 0 Å². The van der Waals surface area contributed by atoms with E-state index in [0.717, 1.165) is 16.7 Å². The quantitative estimate of drug-likeness (QED) is 0.684. The number of hydrogen-bond acceptors (Lipinski definition) is 4. The minimum Gasteiger partial charge on any atom is -0.469 e. The van der Waals surface area contributed by atoms with Crippen LogP contribution in [0.15, 0.2) is 49.2 Å². The standard InChI is InChI=1S/C12H10N4O/c1-3-10-4-2-6-14-12(10)11(5-1)17-9-16-8-13-7-15-16/h1-8H,9H2. The monoisotopic (exact) mass is 226 g/mol. The van der Waals surface area contributed by atoms with Gasteiger partial charge in [-0.05, 0) is 12.1 Å². The van der Waals surface area contributed by atoms with Gasteiger partial charge in [0.1, 0.15) is 23.9 Å². The van der Waals surface area contributed by atoms with Gasteiger partial charge in [0.05, 0.1) is 0 Å². The molecule has 0 aliphatic carbocycles. The normalized spacial score (nSPS) is 10.6. The highest BCUT2D eigenvalue weighted by atomic mass is 16.5. The van der Waals surface area contributed by atoms with Crippen molar-refractivity contribution in [2.45, 2.75) is 6.73 Å². The Hall–Kier alpha value is -2.43. The molecule has 0 atom stereocenters. The third-order valence-corrected chi connectivity index (χ3v) is 2.41. The average molecular weight is 226 g/mol. The summed E-state index contributed by atoms with van der Waals surface area (Å²) in [5.74, 6) is 0.749. The van der Waals surface area contributed by atoms with Crippen molar-refractivity contribution < 1.29 is 4.74 Å². The van der Waals surface area contributed by atoms with Crippen LogP contribution in [0, 0.1) is 0 Å². The number of para-hydroxylation sites is 1. The summed E-state index contributed by atoms with van der Waals surface area (Å²) in [4.78, 5) is 8.16. The molecule has 2 heterocycles. The molecule has 0 radical (unpaired) electrons. The van der Waals surface area contributed by atoms with Crippen LogP contribution < -0.4 is 4.74 Å². The lowest BCUT2D eigenvalue weighted by Gasteiger charge is -2.07. The van der Waals surface area contributed by atoms with Crippen LogP contribution in [0.3, 0.4) is 0 Å². The molecule has 0 amide bonds. The summed E-state index contributed by atoms with van der Waals surface area (Å²) in [5.41, 5.74) is 0.857. The highest BCUT2D eigenvalue weighted by Gasteiger charge is 2.02. The second-order valence-corrected chi connectivity index (χ2v) is 3.54. The molecule has 84 valence electrons. The van der Waals surface area contributed by atoms with Crippen molar-refractivity contribution in [1.82, 2.24) is 19.7 Å². The molecule has 0 N–H and O–H groups in total. The van der Waals surface area contributed by atoms with E-state index in [9.17, 15) is 0 Å². The smallest absolute Gasteiger partial charge is 0.182 e. The van der Waals surface area contributed by atoms with E-state index in [1.165, 1.54) is 6.33 Å². The molecule has 0 aliphatic heterocycles. The molecule has 2 aromatic heterocycles. The Morgan fingerprint density at radius 2 is 2.12 bits per heavy atom. The maximum absolute atomic E-state index is 5.66. The maximum Gasteiger partial charge on any atom is 0.182 e. The molecule has 0 saturated carbocycles. The molecule has 0 fully saturated rings. The molecular weight excluding hydrogens is 216 g/mol. The fraction of sp³-hybridized carbons (Fsp3) is 0.0833. The molecule has 3 aromatic rings. The van der Waals surface area contributed by atoms with Gasteiger partial charge in [-0.3, -0.25) is 4.98 Å². The van der Waals surface area contributed by atoms with E-state index >= 15 is 0 Å². The van der Waals surface area contributed by atoms with E-state index in [4.69, 9.17) is 4.74 Å². The molecule has 0 unspecified atom stereocenters. The number of hydrogen-bond donors (Lipinski definition) is 0. The van der Waals surface area contributed by atoms with E-state index in [-0.39, 0.29) is 0 Å². The number of rotatable bonds is 3. The van der Waals surface area contributed by atoms with Crippen molar-refractivity contribution in [3.05, 3.63) is 49.2 Å². The van der Waals surface area contributed by atoms with Crippen LogP contribution in [0.5, 0.6) is 5.75 Å². The SMILES string of the molecule is c1cnc2c(OCn3cncn3)cccc2c1. The number of nitrogens with zero attached hydrogens (tertiary/aromatic N) is 4. The van der Waals surface area contributed by atoms with E-state index in [1.54, 1.807) is 17.2 Å². The summed E-state index contributed by atoms with van der Waals surface area (Å²) in [7, 11) is 0. The lowest BCUT2D eigenvalue weighted by molar-refractivity contribution is 0.223. The minimum atomic E-state index is 0.329. The molecule has 1 aromatic carbocycles. The first-order valence-electron chi connectivity index (χ1n) is 5.22. The minimum absolute atomic E-state index is 0.329. The van der Waals surface area contributed by atoms with E-state index in [0.29, 0.717) is 6.73 Å². The van der Waals surface area contributed by atoms with Crippen molar-refractivity contribution in [2.24, 2.45) is 0 Å². The first-order valence-corrected chi connectivity index (χ1v) is 5.22. The van der Waals surface area contributed by atoms with Crippen molar-refractivity contribution in [2.75, 3.05) is 0 Å². The molecular formula is C12H10N4O. The fourth-order valence-corrected chi connectivity index (χ4v) is 1.63. The molecule has 0 saturated heterocycles. The highest BCUT2D eigenvalue weighted by molar-refractivity contribution is 5.84. The Labute approximate surface area is 97.7 Å². The zero-order valence-electron chi connectivity index (χ0n) is 9.02. The van der Waals surface area contributed by atoms with Crippen LogP contribution in [-0.2, 0) is 6.73 Å². The Morgan fingerprint density at radius 3 is 3.00 bits per heavy atom. The van der Waals surface area contributed by atoms with Gasteiger partial charge >= 0.3 is 0 Å². The van der Waals surface area contributed by atoms with Crippen LogP contribution in [0.4, 0.5) is 0 Å². The molecule has 5 heteroatoms. The van der Waals surface area contributed by atoms with Crippen LogP contribution in [-0.4, -0.2) is 19.7 Å². The summed E-state index contributed by atoms with van der Waals surface area (Å²) >= 11 is 0. The number of ether oxygens (including phenoxy) is 1. The van der Waals surface area contributed by atoms with Crippen LogP contribution >= 0.6 is 0 Å². The topological polar surface area (TPSA) is 52.8 Å². The molecule has 3 rings (SSSR count). The largest absolute Gasteiger partial charge is 0.469 e. The molecule has 0 bridgehead atoms. The zero-order chi connectivity index (χ0) is 11.5. The van der Waals surface area contributed by atoms with Crippen molar-refractivity contribution in [3.63, 3.8) is 0 Å². The number of fused-ring (bicyclic) bond motifs is 1. The van der Waals surface area contributed by atoms with Gasteiger partial charge in [0.15, 0.2) is 6.73 Å². The molecule has 0 spiro atoms. The first kappa shape index (κ1) is 9.77. The van der Waals surface area contributed by atoms with E-state index in [1.807, 2.05) is 30.3 Å². The van der Waals surface area contributed by atoms with Gasteiger partial charge in [-0.1, -0.05) is 18.2 Å². The van der Waals surface area contributed by atoms with Gasteiger partial charge < -0.3 is 4.74 Å². The first-order chi connectivity index (χ1) is 8.43. The zero-order valence-corrected chi connectivity index (χ0v) is 9.02. The van der Waals surface area contributed by atoms with Gasteiger partial charge in [-0.25, -0.2) is 9.67 Å². The molecule has 5 nitrogen and oxygen atoms in total. The number of pyridine rings is 1. The van der Waals surface area contributed by atoms with Gasteiger partial charge in [-0.2, -0.15) is 5.10 Å². The summed E-state index contributed by atoms with van der Waals surface area (Å²) in [6, 6.07) is 9.76. The van der Waals surface area contributed by atoms with Gasteiger partial charge in [0.25, 0.3) is 0 Å². The molecule has 0 aliphatic rings. The van der Waals surface area contributed by atoms with Crippen LogP contribution in [0.25, 0.3) is 10.9 Å². The molecule has 17 heavy (non-hydrogen) atoms. The Balaban J connectivity index is 1.90. The second-order valence-electron chi connectivity index (χ2n) is 3.54. The van der Waals surface area contributed by atoms with Gasteiger partial charge in [0.2, 0.25) is 0 Å². The number of benzene rings is 1. The van der Waals surface area contributed by atoms with Gasteiger partial charge in [0, 0.05) is 11.6 Å². The Kier molecular flexibility index (Phi) is 2.42. The second kappa shape index (κ2) is 4.21. The third kappa shape index (κ3) is 1.94. The lowest BCUT2D eigenvalue weighted by Crippen LogP contribution is -2.05. The van der Waals surface area contributed by atoms with Crippen molar-refractivity contribution in [1.29, 1.82) is 0 Å². The van der Waals surface area contributed by atoms with E-state index < -0.39 is 0 Å². The predicted octanol–water partition coefficient (Wildman–Crippen LogP) is 1.86. The average Bonchev–Trinajstić information content (AvgIpc) is 2.89. The summed E-state index contributed by atoms with van der Waals surface area (Å²) in [6.07, 6.45) is 4.84. The number of aromatic nitrogens is 4. The highest BCUT2D eigenvalue weighted by Crippen LogP contribution is 2.22. The van der Waals surface area contributed by atoms with E-state index in [2.05, 4.69) is 15.1 Å². The fourth-order valence-electron chi connectivity index (χ4n) is 1.63. The summed E-state index contributed by atoms with van der Waals surface area (Å²) in [5, 5.41) is 5.03. The van der Waals surface area contributed by atoms with Gasteiger partial charge in [-0.15, -0.1) is 0 Å². The Morgan fingerprint density at radius 1 is 1.18 bits per heavy atom.